The van der Waals surface area contributed by atoms with Crippen molar-refractivity contribution >= 4 is 48.7 Å². The first-order valence-corrected chi connectivity index (χ1v) is 9.36. The number of halogens is 2. The van der Waals surface area contributed by atoms with Crippen molar-refractivity contribution in [2.45, 2.75) is 31.6 Å². The second-order valence-electron chi connectivity index (χ2n) is 4.64. The molecule has 1 atom stereocenters. The Morgan fingerprint density at radius 2 is 2.11 bits per heavy atom. The maximum Gasteiger partial charge on any atom is 0.154 e. The van der Waals surface area contributed by atoms with E-state index in [0.717, 1.165) is 8.66 Å². The van der Waals surface area contributed by atoms with Crippen LogP contribution in [0.3, 0.4) is 0 Å². The van der Waals surface area contributed by atoms with Crippen molar-refractivity contribution in [2.24, 2.45) is 0 Å². The van der Waals surface area contributed by atoms with Gasteiger partial charge in [0.05, 0.1) is 19.6 Å². The molecule has 0 spiro atoms. The summed E-state index contributed by atoms with van der Waals surface area (Å²) >= 11 is 10.8. The SMILES string of the molecule is CCNC(c1cc(Cl)c(Br)s1)C(C)(C)S(C)(=O)=O. The third kappa shape index (κ3) is 3.28. The molecule has 0 fully saturated rings. The van der Waals surface area contributed by atoms with E-state index in [0.29, 0.717) is 11.6 Å². The topological polar surface area (TPSA) is 46.2 Å². The highest BCUT2D eigenvalue weighted by Crippen LogP contribution is 2.40. The summed E-state index contributed by atoms with van der Waals surface area (Å²) in [5.74, 6) is 0. The van der Waals surface area contributed by atoms with Crippen LogP contribution in [0.25, 0.3) is 0 Å². The van der Waals surface area contributed by atoms with Crippen LogP contribution in [0.15, 0.2) is 9.85 Å². The molecule has 0 aromatic carbocycles. The lowest BCUT2D eigenvalue weighted by Gasteiger charge is -2.32. The molecule has 7 heteroatoms. The molecule has 3 nitrogen and oxygen atoms in total. The molecule has 104 valence electrons. The fourth-order valence-corrected chi connectivity index (χ4v) is 4.33. The standard InChI is InChI=1S/C11H17BrClNO2S2/c1-5-14-9(11(2,3)18(4,15)16)8-6-7(13)10(12)17-8/h6,9,14H,5H2,1-4H3. The van der Waals surface area contributed by atoms with Gasteiger partial charge in [-0.05, 0) is 42.4 Å². The van der Waals surface area contributed by atoms with Gasteiger partial charge in [-0.1, -0.05) is 18.5 Å². The van der Waals surface area contributed by atoms with E-state index in [1.165, 1.54) is 17.6 Å². The summed E-state index contributed by atoms with van der Waals surface area (Å²) in [6.45, 7) is 6.11. The molecule has 0 aliphatic heterocycles. The van der Waals surface area contributed by atoms with Crippen molar-refractivity contribution in [3.63, 3.8) is 0 Å². The zero-order valence-corrected chi connectivity index (χ0v) is 14.7. The quantitative estimate of drug-likeness (QED) is 0.856. The third-order valence-corrected chi connectivity index (χ3v) is 7.69. The second kappa shape index (κ2) is 5.79. The number of thiophene rings is 1. The molecule has 0 saturated carbocycles. The number of sulfone groups is 1. The molecule has 18 heavy (non-hydrogen) atoms. The molecule has 1 aromatic rings. The van der Waals surface area contributed by atoms with E-state index in [1.807, 2.05) is 13.0 Å². The van der Waals surface area contributed by atoms with Gasteiger partial charge in [-0.2, -0.15) is 0 Å². The maximum absolute atomic E-state index is 12.0. The maximum atomic E-state index is 12.0. The van der Waals surface area contributed by atoms with Gasteiger partial charge >= 0.3 is 0 Å². The molecule has 1 rings (SSSR count). The third-order valence-electron chi connectivity index (χ3n) is 3.01. The molecular weight excluding hydrogens is 358 g/mol. The normalized spacial score (nSPS) is 14.8. The predicted octanol–water partition coefficient (Wildman–Crippen LogP) is 3.64. The van der Waals surface area contributed by atoms with Crippen LogP contribution in [0.2, 0.25) is 5.02 Å². The van der Waals surface area contributed by atoms with Gasteiger partial charge in [0.25, 0.3) is 0 Å². The van der Waals surface area contributed by atoms with Crippen LogP contribution in [0.5, 0.6) is 0 Å². The van der Waals surface area contributed by atoms with Crippen molar-refractivity contribution in [2.75, 3.05) is 12.8 Å². The van der Waals surface area contributed by atoms with E-state index < -0.39 is 14.6 Å². The minimum absolute atomic E-state index is 0.272. The fourth-order valence-electron chi connectivity index (χ4n) is 1.61. The molecule has 1 aromatic heterocycles. The Bertz CT molecular complexity index is 506. The molecular formula is C11H17BrClNO2S2. The zero-order valence-electron chi connectivity index (χ0n) is 10.8. The smallest absolute Gasteiger partial charge is 0.154 e. The van der Waals surface area contributed by atoms with Gasteiger partial charge in [-0.15, -0.1) is 11.3 Å². The Kier molecular flexibility index (Phi) is 5.29. The van der Waals surface area contributed by atoms with E-state index in [9.17, 15) is 8.42 Å². The van der Waals surface area contributed by atoms with E-state index in [-0.39, 0.29) is 6.04 Å². The molecule has 0 radical (unpaired) electrons. The van der Waals surface area contributed by atoms with Crippen LogP contribution in [0.4, 0.5) is 0 Å². The number of nitrogens with one attached hydrogen (secondary N) is 1. The van der Waals surface area contributed by atoms with Crippen LogP contribution in [0.1, 0.15) is 31.7 Å². The van der Waals surface area contributed by atoms with Gasteiger partial charge < -0.3 is 5.32 Å². The largest absolute Gasteiger partial charge is 0.308 e. The van der Waals surface area contributed by atoms with Crippen LogP contribution >= 0.6 is 38.9 Å². The van der Waals surface area contributed by atoms with Crippen LogP contribution in [-0.4, -0.2) is 26.0 Å². The average Bonchev–Trinajstić information content (AvgIpc) is 2.53. The lowest BCUT2D eigenvalue weighted by Crippen LogP contribution is -2.44. The van der Waals surface area contributed by atoms with Gasteiger partial charge in [0.15, 0.2) is 9.84 Å². The van der Waals surface area contributed by atoms with E-state index in [1.54, 1.807) is 13.8 Å². The van der Waals surface area contributed by atoms with Crippen molar-refractivity contribution in [3.8, 4) is 0 Å². The Labute approximate surface area is 126 Å². The molecule has 0 aliphatic carbocycles. The first-order valence-electron chi connectivity index (χ1n) is 5.49. The summed E-state index contributed by atoms with van der Waals surface area (Å²) in [5, 5.41) is 3.85. The molecule has 0 aliphatic rings. The average molecular weight is 375 g/mol. The van der Waals surface area contributed by atoms with Crippen molar-refractivity contribution < 1.29 is 8.42 Å². The van der Waals surface area contributed by atoms with Gasteiger partial charge in [0.2, 0.25) is 0 Å². The Morgan fingerprint density at radius 3 is 2.44 bits per heavy atom. The first-order chi connectivity index (χ1) is 8.11. The Balaban J connectivity index is 3.26. The fraction of sp³-hybridized carbons (Fsp3) is 0.636. The van der Waals surface area contributed by atoms with Crippen molar-refractivity contribution in [1.82, 2.24) is 5.32 Å². The summed E-state index contributed by atoms with van der Waals surface area (Å²) < 4.78 is 23.8. The molecule has 0 saturated heterocycles. The van der Waals surface area contributed by atoms with Crippen LogP contribution in [0, 0.1) is 0 Å². The first kappa shape index (κ1) is 16.4. The molecule has 0 bridgehead atoms. The summed E-state index contributed by atoms with van der Waals surface area (Å²) in [5.41, 5.74) is 0. The Hall–Kier alpha value is 0.380. The second-order valence-corrected chi connectivity index (χ2v) is 10.0. The molecule has 0 amide bonds. The van der Waals surface area contributed by atoms with Gasteiger partial charge in [-0.3, -0.25) is 0 Å². The minimum Gasteiger partial charge on any atom is -0.308 e. The van der Waals surface area contributed by atoms with Crippen molar-refractivity contribution in [1.29, 1.82) is 0 Å². The van der Waals surface area contributed by atoms with E-state index in [2.05, 4.69) is 21.2 Å². The summed E-state index contributed by atoms with van der Waals surface area (Å²) in [6, 6.07) is 1.54. The highest BCUT2D eigenvalue weighted by atomic mass is 79.9. The highest BCUT2D eigenvalue weighted by molar-refractivity contribution is 9.11. The van der Waals surface area contributed by atoms with Gasteiger partial charge in [-0.25, -0.2) is 8.42 Å². The Morgan fingerprint density at radius 1 is 1.56 bits per heavy atom. The molecule has 1 heterocycles. The van der Waals surface area contributed by atoms with Crippen LogP contribution < -0.4 is 5.32 Å². The summed E-state index contributed by atoms with van der Waals surface area (Å²) in [4.78, 5) is 0.921. The number of rotatable bonds is 5. The van der Waals surface area contributed by atoms with Crippen molar-refractivity contribution in [3.05, 3.63) is 19.8 Å². The number of hydrogen-bond acceptors (Lipinski definition) is 4. The highest BCUT2D eigenvalue weighted by Gasteiger charge is 2.40. The minimum atomic E-state index is -3.19. The van der Waals surface area contributed by atoms with Gasteiger partial charge in [0.1, 0.15) is 0 Å². The van der Waals surface area contributed by atoms with Gasteiger partial charge in [0, 0.05) is 11.1 Å². The van der Waals surface area contributed by atoms with E-state index >= 15 is 0 Å². The lowest BCUT2D eigenvalue weighted by atomic mass is 10.0. The van der Waals surface area contributed by atoms with Crippen LogP contribution in [-0.2, 0) is 9.84 Å². The number of hydrogen-bond donors (Lipinski definition) is 1. The molecule has 1 unspecified atom stereocenters. The molecule has 1 N–H and O–H groups in total. The monoisotopic (exact) mass is 373 g/mol. The summed E-state index contributed by atoms with van der Waals surface area (Å²) in [6.07, 6.45) is 1.27. The summed E-state index contributed by atoms with van der Waals surface area (Å²) in [7, 11) is -3.19. The zero-order chi connectivity index (χ0) is 14.1. The lowest BCUT2D eigenvalue weighted by molar-refractivity contribution is 0.433. The predicted molar refractivity (Wildman–Crippen MR) is 82.4 cm³/mol. The van der Waals surface area contributed by atoms with E-state index in [4.69, 9.17) is 11.6 Å².